The van der Waals surface area contributed by atoms with Gasteiger partial charge in [0.1, 0.15) is 16.8 Å². The Bertz CT molecular complexity index is 891. The van der Waals surface area contributed by atoms with Crippen molar-refractivity contribution < 1.29 is 14.3 Å². The quantitative estimate of drug-likeness (QED) is 0.580. The average molecular weight is 383 g/mol. The number of hydrogen-bond acceptors (Lipinski definition) is 7. The predicted octanol–water partition coefficient (Wildman–Crippen LogP) is 2.88. The molecule has 27 heavy (non-hydrogen) atoms. The van der Waals surface area contributed by atoms with Crippen LogP contribution in [0.2, 0.25) is 0 Å². The highest BCUT2D eigenvalue weighted by molar-refractivity contribution is 7.99. The Balaban J connectivity index is 2.15. The van der Waals surface area contributed by atoms with Gasteiger partial charge in [0.2, 0.25) is 0 Å². The SMILES string of the molecule is COC(=O)CSc1nc2c(c(-c3ccc(OC)cc3)c1C#N)CN(C)CC2. The zero-order chi connectivity index (χ0) is 19.4. The molecule has 0 aliphatic carbocycles. The minimum atomic E-state index is -0.339. The van der Waals surface area contributed by atoms with Crippen molar-refractivity contribution in [1.82, 2.24) is 9.88 Å². The summed E-state index contributed by atoms with van der Waals surface area (Å²) in [7, 11) is 5.04. The molecule has 1 aliphatic rings. The van der Waals surface area contributed by atoms with Gasteiger partial charge < -0.3 is 14.4 Å². The van der Waals surface area contributed by atoms with E-state index in [1.807, 2.05) is 24.3 Å². The fourth-order valence-electron chi connectivity index (χ4n) is 3.14. The smallest absolute Gasteiger partial charge is 0.316 e. The van der Waals surface area contributed by atoms with E-state index in [0.29, 0.717) is 10.6 Å². The molecule has 1 aromatic carbocycles. The van der Waals surface area contributed by atoms with E-state index in [1.165, 1.54) is 18.9 Å². The third kappa shape index (κ3) is 4.07. The Morgan fingerprint density at radius 3 is 2.70 bits per heavy atom. The number of nitrogens with zero attached hydrogens (tertiary/aromatic N) is 3. The van der Waals surface area contributed by atoms with Gasteiger partial charge in [0.15, 0.2) is 0 Å². The number of methoxy groups -OCH3 is 2. The molecule has 0 bridgehead atoms. The maximum atomic E-state index is 11.6. The number of carbonyl (C=O) groups is 1. The Kier molecular flexibility index (Phi) is 5.99. The first-order valence-electron chi connectivity index (χ1n) is 8.55. The first-order valence-corrected chi connectivity index (χ1v) is 9.54. The van der Waals surface area contributed by atoms with Gasteiger partial charge in [-0.3, -0.25) is 4.79 Å². The predicted molar refractivity (Wildman–Crippen MR) is 104 cm³/mol. The Labute approximate surface area is 163 Å². The van der Waals surface area contributed by atoms with Gasteiger partial charge in [-0.25, -0.2) is 4.98 Å². The molecule has 0 saturated heterocycles. The van der Waals surface area contributed by atoms with Gasteiger partial charge in [0.05, 0.1) is 25.5 Å². The summed E-state index contributed by atoms with van der Waals surface area (Å²) in [6.07, 6.45) is 0.812. The molecule has 0 N–H and O–H groups in total. The highest BCUT2D eigenvalue weighted by Gasteiger charge is 2.25. The molecule has 0 spiro atoms. The second kappa shape index (κ2) is 8.42. The van der Waals surface area contributed by atoms with E-state index in [9.17, 15) is 10.1 Å². The number of benzene rings is 1. The van der Waals surface area contributed by atoms with Crippen LogP contribution in [0.25, 0.3) is 11.1 Å². The molecule has 0 atom stereocenters. The molecule has 6 nitrogen and oxygen atoms in total. The largest absolute Gasteiger partial charge is 0.497 e. The molecule has 0 radical (unpaired) electrons. The monoisotopic (exact) mass is 383 g/mol. The number of thioether (sulfide) groups is 1. The molecular weight excluding hydrogens is 362 g/mol. The van der Waals surface area contributed by atoms with E-state index in [2.05, 4.69) is 18.0 Å². The lowest BCUT2D eigenvalue weighted by molar-refractivity contribution is -0.137. The van der Waals surface area contributed by atoms with Crippen molar-refractivity contribution in [2.24, 2.45) is 0 Å². The van der Waals surface area contributed by atoms with E-state index >= 15 is 0 Å². The van der Waals surface area contributed by atoms with Crippen molar-refractivity contribution in [3.05, 3.63) is 41.1 Å². The van der Waals surface area contributed by atoms with Crippen LogP contribution in [-0.2, 0) is 22.5 Å². The molecule has 7 heteroatoms. The molecule has 0 fully saturated rings. The number of likely N-dealkylation sites (N-methyl/N-ethyl adjacent to an activating group) is 1. The molecule has 2 aromatic rings. The first-order chi connectivity index (χ1) is 13.1. The van der Waals surface area contributed by atoms with Crippen LogP contribution in [0.15, 0.2) is 29.3 Å². The number of carbonyl (C=O) groups excluding carboxylic acids is 1. The molecule has 1 aromatic heterocycles. The number of ether oxygens (including phenoxy) is 2. The zero-order valence-corrected chi connectivity index (χ0v) is 16.4. The van der Waals surface area contributed by atoms with Crippen LogP contribution < -0.4 is 4.74 Å². The number of esters is 1. The highest BCUT2D eigenvalue weighted by atomic mass is 32.2. The van der Waals surface area contributed by atoms with Crippen LogP contribution in [0.1, 0.15) is 16.8 Å². The summed E-state index contributed by atoms with van der Waals surface area (Å²) in [6.45, 7) is 1.65. The lowest BCUT2D eigenvalue weighted by Gasteiger charge is -2.28. The summed E-state index contributed by atoms with van der Waals surface area (Å²) < 4.78 is 9.97. The zero-order valence-electron chi connectivity index (χ0n) is 15.6. The van der Waals surface area contributed by atoms with Crippen molar-refractivity contribution in [2.75, 3.05) is 33.6 Å². The Morgan fingerprint density at radius 1 is 1.33 bits per heavy atom. The number of rotatable bonds is 5. The lowest BCUT2D eigenvalue weighted by Crippen LogP contribution is -2.28. The van der Waals surface area contributed by atoms with Crippen LogP contribution in [0.3, 0.4) is 0 Å². The maximum Gasteiger partial charge on any atom is 0.316 e. The van der Waals surface area contributed by atoms with Gasteiger partial charge in [-0.15, -0.1) is 0 Å². The summed E-state index contributed by atoms with van der Waals surface area (Å²) in [6, 6.07) is 10.00. The van der Waals surface area contributed by atoms with E-state index < -0.39 is 0 Å². The van der Waals surface area contributed by atoms with E-state index in [1.54, 1.807) is 7.11 Å². The molecule has 0 saturated carbocycles. The molecule has 2 heterocycles. The standard InChI is InChI=1S/C20H21N3O3S/c1-23-9-8-17-16(11-23)19(13-4-6-14(25-2)7-5-13)15(10-21)20(22-17)27-12-18(24)26-3/h4-7H,8-9,11-12H2,1-3H3. The van der Waals surface area contributed by atoms with Crippen LogP contribution in [0.5, 0.6) is 5.75 Å². The average Bonchev–Trinajstić information content (AvgIpc) is 2.70. The topological polar surface area (TPSA) is 75.5 Å². The van der Waals surface area contributed by atoms with E-state index in [4.69, 9.17) is 14.5 Å². The summed E-state index contributed by atoms with van der Waals surface area (Å²) in [5.41, 5.74) is 4.41. The van der Waals surface area contributed by atoms with Crippen LogP contribution >= 0.6 is 11.8 Å². The normalized spacial score (nSPS) is 13.6. The Hall–Kier alpha value is -2.56. The van der Waals surface area contributed by atoms with Crippen LogP contribution in [-0.4, -0.2) is 49.4 Å². The Morgan fingerprint density at radius 2 is 2.07 bits per heavy atom. The maximum absolute atomic E-state index is 11.6. The number of hydrogen-bond donors (Lipinski definition) is 0. The van der Waals surface area contributed by atoms with Gasteiger partial charge in [-0.05, 0) is 30.3 Å². The van der Waals surface area contributed by atoms with Crippen molar-refractivity contribution in [3.8, 4) is 22.9 Å². The fraction of sp³-hybridized carbons (Fsp3) is 0.350. The fourth-order valence-corrected chi connectivity index (χ4v) is 3.98. The van der Waals surface area contributed by atoms with Crippen molar-refractivity contribution >= 4 is 17.7 Å². The minimum absolute atomic E-state index is 0.124. The minimum Gasteiger partial charge on any atom is -0.497 e. The van der Waals surface area contributed by atoms with E-state index in [-0.39, 0.29) is 11.7 Å². The van der Waals surface area contributed by atoms with E-state index in [0.717, 1.165) is 47.6 Å². The third-order valence-electron chi connectivity index (χ3n) is 4.55. The summed E-state index contributed by atoms with van der Waals surface area (Å²) >= 11 is 1.25. The van der Waals surface area contributed by atoms with Crippen LogP contribution in [0, 0.1) is 11.3 Å². The highest BCUT2D eigenvalue weighted by Crippen LogP contribution is 2.37. The number of aromatic nitrogens is 1. The van der Waals surface area contributed by atoms with Gasteiger partial charge in [0.25, 0.3) is 0 Å². The second-order valence-corrected chi connectivity index (χ2v) is 7.25. The lowest BCUT2D eigenvalue weighted by atomic mass is 9.92. The number of nitriles is 1. The van der Waals surface area contributed by atoms with Crippen molar-refractivity contribution in [2.45, 2.75) is 18.0 Å². The van der Waals surface area contributed by atoms with Crippen LogP contribution in [0.4, 0.5) is 0 Å². The first kappa shape index (κ1) is 19.2. The van der Waals surface area contributed by atoms with Gasteiger partial charge >= 0.3 is 5.97 Å². The molecular formula is C20H21N3O3S. The molecule has 1 aliphatic heterocycles. The van der Waals surface area contributed by atoms with Crippen molar-refractivity contribution in [3.63, 3.8) is 0 Å². The number of fused-ring (bicyclic) bond motifs is 1. The van der Waals surface area contributed by atoms with Gasteiger partial charge in [0, 0.05) is 30.8 Å². The summed E-state index contributed by atoms with van der Waals surface area (Å²) in [5.74, 6) is 0.547. The molecule has 0 unspecified atom stereocenters. The summed E-state index contributed by atoms with van der Waals surface area (Å²) in [5, 5.41) is 10.5. The summed E-state index contributed by atoms with van der Waals surface area (Å²) in [4.78, 5) is 18.5. The number of pyridine rings is 1. The van der Waals surface area contributed by atoms with Gasteiger partial charge in [-0.2, -0.15) is 5.26 Å². The third-order valence-corrected chi connectivity index (χ3v) is 5.50. The molecule has 3 rings (SSSR count). The molecule has 0 amide bonds. The second-order valence-electron chi connectivity index (χ2n) is 6.29. The van der Waals surface area contributed by atoms with Crippen molar-refractivity contribution in [1.29, 1.82) is 5.26 Å². The van der Waals surface area contributed by atoms with Gasteiger partial charge in [-0.1, -0.05) is 23.9 Å². The molecule has 140 valence electrons.